The molecule has 0 atom stereocenters. The molecule has 0 aliphatic rings. The van der Waals surface area contributed by atoms with Gasteiger partial charge in [0.05, 0.1) is 5.69 Å². The lowest BCUT2D eigenvalue weighted by molar-refractivity contribution is 0.770. The minimum absolute atomic E-state index is 0.661. The summed E-state index contributed by atoms with van der Waals surface area (Å²) < 4.78 is 1.67. The molecule has 4 nitrogen and oxygen atoms in total. The van der Waals surface area contributed by atoms with Gasteiger partial charge in [-0.1, -0.05) is 6.08 Å². The number of hydrogen-bond acceptors (Lipinski definition) is 3. The molecule has 1 aromatic heterocycles. The molecule has 1 heterocycles. The molecule has 3 N–H and O–H groups in total. The quantitative estimate of drug-likeness (QED) is 0.623. The third-order valence-corrected chi connectivity index (χ3v) is 1.27. The molecular weight excluding hydrogens is 140 g/mol. The summed E-state index contributed by atoms with van der Waals surface area (Å²) in [5.74, 6) is 0.715. The summed E-state index contributed by atoms with van der Waals surface area (Å²) in [4.78, 5) is 0. The maximum absolute atomic E-state index is 5.60. The van der Waals surface area contributed by atoms with Crippen molar-refractivity contribution in [3.05, 3.63) is 18.9 Å². The molecule has 0 aromatic carbocycles. The van der Waals surface area contributed by atoms with Crippen molar-refractivity contribution in [1.29, 1.82) is 0 Å². The Balaban J connectivity index is 2.69. The van der Waals surface area contributed by atoms with E-state index in [1.54, 1.807) is 17.0 Å². The van der Waals surface area contributed by atoms with Gasteiger partial charge in [-0.25, -0.2) is 0 Å². The summed E-state index contributed by atoms with van der Waals surface area (Å²) >= 11 is 0. The molecular formula is C7H12N4. The minimum Gasteiger partial charge on any atom is -0.394 e. The number of nitrogens with two attached hydrogens (primary N) is 1. The van der Waals surface area contributed by atoms with Crippen LogP contribution < -0.4 is 11.1 Å². The monoisotopic (exact) mass is 152 g/mol. The SMILES string of the molecule is C=CCNc1nn(C)cc1N. The van der Waals surface area contributed by atoms with Crippen LogP contribution in [0.2, 0.25) is 0 Å². The van der Waals surface area contributed by atoms with Crippen LogP contribution in [0.25, 0.3) is 0 Å². The largest absolute Gasteiger partial charge is 0.394 e. The van der Waals surface area contributed by atoms with E-state index in [4.69, 9.17) is 5.73 Å². The van der Waals surface area contributed by atoms with Crippen molar-refractivity contribution in [2.24, 2.45) is 7.05 Å². The average molecular weight is 152 g/mol. The van der Waals surface area contributed by atoms with Crippen molar-refractivity contribution in [1.82, 2.24) is 9.78 Å². The second-order valence-corrected chi connectivity index (χ2v) is 2.28. The summed E-state index contributed by atoms with van der Waals surface area (Å²) in [7, 11) is 1.83. The molecule has 0 aliphatic heterocycles. The van der Waals surface area contributed by atoms with E-state index in [0.29, 0.717) is 18.1 Å². The minimum atomic E-state index is 0.661. The van der Waals surface area contributed by atoms with E-state index in [9.17, 15) is 0 Å². The Morgan fingerprint density at radius 1 is 1.91 bits per heavy atom. The first kappa shape index (κ1) is 7.65. The topological polar surface area (TPSA) is 55.9 Å². The van der Waals surface area contributed by atoms with Crippen LogP contribution in [0.15, 0.2) is 18.9 Å². The molecule has 0 saturated heterocycles. The number of nitrogens with zero attached hydrogens (tertiary/aromatic N) is 2. The molecule has 0 fully saturated rings. The van der Waals surface area contributed by atoms with Crippen LogP contribution in [0.5, 0.6) is 0 Å². The standard InChI is InChI=1S/C7H12N4/c1-3-4-9-7-6(8)5-11(2)10-7/h3,5H,1,4,8H2,2H3,(H,9,10). The Bertz CT molecular complexity index is 251. The van der Waals surface area contributed by atoms with Crippen LogP contribution in [0.3, 0.4) is 0 Å². The van der Waals surface area contributed by atoms with Gasteiger partial charge in [0, 0.05) is 19.8 Å². The van der Waals surface area contributed by atoms with Gasteiger partial charge in [0.15, 0.2) is 5.82 Å². The summed E-state index contributed by atoms with van der Waals surface area (Å²) in [6.45, 7) is 4.26. The average Bonchev–Trinajstić information content (AvgIpc) is 2.26. The molecule has 0 amide bonds. The maximum atomic E-state index is 5.60. The number of aromatic nitrogens is 2. The molecule has 1 aromatic rings. The predicted octanol–water partition coefficient (Wildman–Crippen LogP) is 0.600. The van der Waals surface area contributed by atoms with Crippen molar-refractivity contribution in [3.8, 4) is 0 Å². The van der Waals surface area contributed by atoms with Crippen LogP contribution in [0, 0.1) is 0 Å². The number of aryl methyl sites for hydroxylation is 1. The smallest absolute Gasteiger partial charge is 0.171 e. The van der Waals surface area contributed by atoms with E-state index in [1.807, 2.05) is 7.05 Å². The summed E-state index contributed by atoms with van der Waals surface area (Å²) in [6.07, 6.45) is 3.51. The Labute approximate surface area is 65.7 Å². The van der Waals surface area contributed by atoms with Gasteiger partial charge < -0.3 is 11.1 Å². The van der Waals surface area contributed by atoms with Gasteiger partial charge in [0.2, 0.25) is 0 Å². The molecule has 0 aliphatic carbocycles. The summed E-state index contributed by atoms with van der Waals surface area (Å²) in [5.41, 5.74) is 6.26. The fraction of sp³-hybridized carbons (Fsp3) is 0.286. The highest BCUT2D eigenvalue weighted by atomic mass is 15.3. The first-order chi connectivity index (χ1) is 5.24. The van der Waals surface area contributed by atoms with Crippen LogP contribution in [0.1, 0.15) is 0 Å². The molecule has 0 saturated carbocycles. The highest BCUT2D eigenvalue weighted by Gasteiger charge is 2.00. The summed E-state index contributed by atoms with van der Waals surface area (Å²) in [6, 6.07) is 0. The highest BCUT2D eigenvalue weighted by Crippen LogP contribution is 2.13. The predicted molar refractivity (Wildman–Crippen MR) is 46.3 cm³/mol. The van der Waals surface area contributed by atoms with Crippen LogP contribution in [-0.4, -0.2) is 16.3 Å². The molecule has 0 spiro atoms. The number of anilines is 2. The third-order valence-electron chi connectivity index (χ3n) is 1.27. The fourth-order valence-corrected chi connectivity index (χ4v) is 0.813. The van der Waals surface area contributed by atoms with Gasteiger partial charge in [-0.15, -0.1) is 6.58 Å². The zero-order chi connectivity index (χ0) is 8.27. The van der Waals surface area contributed by atoms with E-state index in [-0.39, 0.29) is 0 Å². The van der Waals surface area contributed by atoms with Crippen LogP contribution >= 0.6 is 0 Å². The van der Waals surface area contributed by atoms with Crippen molar-refractivity contribution in [2.45, 2.75) is 0 Å². The second-order valence-electron chi connectivity index (χ2n) is 2.28. The lowest BCUT2D eigenvalue weighted by atomic mass is 10.5. The molecule has 0 radical (unpaired) electrons. The molecule has 4 heteroatoms. The Hall–Kier alpha value is -1.45. The van der Waals surface area contributed by atoms with Crippen molar-refractivity contribution in [2.75, 3.05) is 17.6 Å². The first-order valence-corrected chi connectivity index (χ1v) is 3.38. The molecule has 60 valence electrons. The molecule has 0 unspecified atom stereocenters. The number of nitrogens with one attached hydrogen (secondary N) is 1. The van der Waals surface area contributed by atoms with Gasteiger partial charge >= 0.3 is 0 Å². The van der Waals surface area contributed by atoms with Gasteiger partial charge in [-0.3, -0.25) is 4.68 Å². The van der Waals surface area contributed by atoms with Crippen molar-refractivity contribution >= 4 is 11.5 Å². The van der Waals surface area contributed by atoms with E-state index < -0.39 is 0 Å². The van der Waals surface area contributed by atoms with E-state index >= 15 is 0 Å². The second kappa shape index (κ2) is 3.09. The number of nitrogen functional groups attached to an aromatic ring is 1. The lowest BCUT2D eigenvalue weighted by Crippen LogP contribution is -2.01. The molecule has 11 heavy (non-hydrogen) atoms. The van der Waals surface area contributed by atoms with Crippen molar-refractivity contribution in [3.63, 3.8) is 0 Å². The van der Waals surface area contributed by atoms with Gasteiger partial charge in [0.1, 0.15) is 0 Å². The fourth-order valence-electron chi connectivity index (χ4n) is 0.813. The van der Waals surface area contributed by atoms with E-state index in [0.717, 1.165) is 0 Å². The maximum Gasteiger partial charge on any atom is 0.171 e. The lowest BCUT2D eigenvalue weighted by Gasteiger charge is -1.97. The normalized spacial score (nSPS) is 9.55. The number of rotatable bonds is 3. The Morgan fingerprint density at radius 3 is 3.09 bits per heavy atom. The highest BCUT2D eigenvalue weighted by molar-refractivity contribution is 5.59. The Kier molecular flexibility index (Phi) is 2.15. The molecule has 0 bridgehead atoms. The van der Waals surface area contributed by atoms with E-state index in [1.165, 1.54) is 0 Å². The first-order valence-electron chi connectivity index (χ1n) is 3.38. The summed E-state index contributed by atoms with van der Waals surface area (Å²) in [5, 5.41) is 7.09. The van der Waals surface area contributed by atoms with Gasteiger partial charge in [-0.2, -0.15) is 5.10 Å². The van der Waals surface area contributed by atoms with Gasteiger partial charge in [-0.05, 0) is 0 Å². The molecule has 1 rings (SSSR count). The third kappa shape index (κ3) is 1.73. The zero-order valence-electron chi connectivity index (χ0n) is 6.54. The Morgan fingerprint density at radius 2 is 2.64 bits per heavy atom. The van der Waals surface area contributed by atoms with E-state index in [2.05, 4.69) is 17.0 Å². The van der Waals surface area contributed by atoms with Gasteiger partial charge in [0.25, 0.3) is 0 Å². The van der Waals surface area contributed by atoms with Crippen LogP contribution in [-0.2, 0) is 7.05 Å². The van der Waals surface area contributed by atoms with Crippen LogP contribution in [0.4, 0.5) is 11.5 Å². The van der Waals surface area contributed by atoms with Crippen molar-refractivity contribution < 1.29 is 0 Å². The number of hydrogen-bond donors (Lipinski definition) is 2. The zero-order valence-corrected chi connectivity index (χ0v) is 6.54.